The van der Waals surface area contributed by atoms with Crippen molar-refractivity contribution < 1.29 is 17.9 Å². The first-order chi connectivity index (χ1) is 8.93. The van der Waals surface area contributed by atoms with Gasteiger partial charge in [-0.05, 0) is 30.7 Å². The molecule has 0 aliphatic heterocycles. The first kappa shape index (κ1) is 16.0. The summed E-state index contributed by atoms with van der Waals surface area (Å²) in [4.78, 5) is 11.5. The van der Waals surface area contributed by atoms with Crippen LogP contribution >= 0.6 is 11.6 Å². The Hall–Kier alpha value is -1.07. The van der Waals surface area contributed by atoms with Crippen molar-refractivity contribution in [1.29, 1.82) is 0 Å². The third-order valence-electron chi connectivity index (χ3n) is 2.56. The molecule has 0 N–H and O–H groups in total. The van der Waals surface area contributed by atoms with Crippen LogP contribution in [0.1, 0.15) is 19.8 Å². The Balaban J connectivity index is 2.27. The van der Waals surface area contributed by atoms with Crippen molar-refractivity contribution in [2.75, 3.05) is 18.1 Å². The molecule has 4 nitrogen and oxygen atoms in total. The van der Waals surface area contributed by atoms with Gasteiger partial charge in [-0.2, -0.15) is 0 Å². The quantitative estimate of drug-likeness (QED) is 0.740. The van der Waals surface area contributed by atoms with Crippen LogP contribution in [-0.4, -0.2) is 32.3 Å². The van der Waals surface area contributed by atoms with Crippen LogP contribution in [0.2, 0.25) is 5.02 Å². The van der Waals surface area contributed by atoms with Gasteiger partial charge in [0.15, 0.2) is 5.78 Å². The average Bonchev–Trinajstić information content (AvgIpc) is 2.38. The van der Waals surface area contributed by atoms with E-state index in [4.69, 9.17) is 16.3 Å². The molecular formula is C13H17ClO4S. The largest absolute Gasteiger partial charge is 0.486 e. The second kappa shape index (κ2) is 7.50. The molecule has 0 amide bonds. The number of ether oxygens (including phenoxy) is 1. The van der Waals surface area contributed by atoms with E-state index in [-0.39, 0.29) is 30.3 Å². The maximum absolute atomic E-state index is 11.5. The van der Waals surface area contributed by atoms with E-state index >= 15 is 0 Å². The predicted molar refractivity (Wildman–Crippen MR) is 75.5 cm³/mol. The van der Waals surface area contributed by atoms with Crippen LogP contribution in [0.5, 0.6) is 5.75 Å². The van der Waals surface area contributed by atoms with Crippen LogP contribution in [0, 0.1) is 0 Å². The van der Waals surface area contributed by atoms with Crippen molar-refractivity contribution in [2.24, 2.45) is 0 Å². The summed E-state index contributed by atoms with van der Waals surface area (Å²) >= 11 is 5.72. The van der Waals surface area contributed by atoms with Gasteiger partial charge in [0.25, 0.3) is 0 Å². The zero-order chi connectivity index (χ0) is 14.3. The number of rotatable bonds is 8. The zero-order valence-corrected chi connectivity index (χ0v) is 12.3. The first-order valence-corrected chi connectivity index (χ1v) is 8.23. The van der Waals surface area contributed by atoms with E-state index in [0.29, 0.717) is 17.2 Å². The zero-order valence-electron chi connectivity index (χ0n) is 10.8. The predicted octanol–water partition coefficient (Wildman–Crippen LogP) is 2.50. The minimum atomic E-state index is -2.99. The van der Waals surface area contributed by atoms with Gasteiger partial charge in [-0.1, -0.05) is 18.5 Å². The Morgan fingerprint density at radius 2 is 1.89 bits per heavy atom. The Morgan fingerprint density at radius 1 is 1.26 bits per heavy atom. The van der Waals surface area contributed by atoms with E-state index in [2.05, 4.69) is 0 Å². The third kappa shape index (κ3) is 6.59. The highest BCUT2D eigenvalue weighted by Crippen LogP contribution is 2.15. The second-order valence-corrected chi connectivity index (χ2v) is 7.03. The maximum atomic E-state index is 11.5. The average molecular weight is 305 g/mol. The number of hydrogen-bond donors (Lipinski definition) is 0. The molecule has 0 radical (unpaired) electrons. The molecule has 0 aliphatic rings. The standard InChI is InChI=1S/C13H17ClO4S/c1-2-19(16,17)9-3-4-12(15)10-18-13-7-5-11(14)6-8-13/h5-8H,2-4,9-10H2,1H3. The van der Waals surface area contributed by atoms with Crippen LogP contribution in [0.15, 0.2) is 24.3 Å². The number of sulfone groups is 1. The lowest BCUT2D eigenvalue weighted by Gasteiger charge is -2.05. The summed E-state index contributed by atoms with van der Waals surface area (Å²) in [5, 5.41) is 0.600. The van der Waals surface area contributed by atoms with Crippen molar-refractivity contribution in [3.63, 3.8) is 0 Å². The normalized spacial score (nSPS) is 11.3. The fraction of sp³-hybridized carbons (Fsp3) is 0.462. The van der Waals surface area contributed by atoms with Crippen LogP contribution in [-0.2, 0) is 14.6 Å². The molecule has 0 bridgehead atoms. The molecule has 0 saturated carbocycles. The number of benzene rings is 1. The van der Waals surface area contributed by atoms with E-state index < -0.39 is 9.84 Å². The molecule has 0 aromatic heterocycles. The summed E-state index contributed by atoms with van der Waals surface area (Å²) in [6.07, 6.45) is 0.561. The van der Waals surface area contributed by atoms with Gasteiger partial charge >= 0.3 is 0 Å². The van der Waals surface area contributed by atoms with E-state index in [0.717, 1.165) is 0 Å². The summed E-state index contributed by atoms with van der Waals surface area (Å²) in [7, 11) is -2.99. The van der Waals surface area contributed by atoms with Crippen molar-refractivity contribution in [2.45, 2.75) is 19.8 Å². The summed E-state index contributed by atoms with van der Waals surface area (Å²) in [6, 6.07) is 6.71. The van der Waals surface area contributed by atoms with Gasteiger partial charge in [0.05, 0.1) is 5.75 Å². The summed E-state index contributed by atoms with van der Waals surface area (Å²) in [6.45, 7) is 1.55. The number of hydrogen-bond acceptors (Lipinski definition) is 4. The molecule has 1 aromatic carbocycles. The Bertz CT molecular complexity index is 508. The van der Waals surface area contributed by atoms with Crippen LogP contribution < -0.4 is 4.74 Å². The van der Waals surface area contributed by atoms with E-state index in [1.807, 2.05) is 0 Å². The maximum Gasteiger partial charge on any atom is 0.170 e. The molecule has 0 aliphatic carbocycles. The molecule has 1 rings (SSSR count). The number of halogens is 1. The SMILES string of the molecule is CCS(=O)(=O)CCCC(=O)COc1ccc(Cl)cc1. The summed E-state index contributed by atoms with van der Waals surface area (Å²) in [5.74, 6) is 0.624. The van der Waals surface area contributed by atoms with Gasteiger partial charge in [-0.3, -0.25) is 4.79 Å². The van der Waals surface area contributed by atoms with Crippen LogP contribution in [0.25, 0.3) is 0 Å². The fourth-order valence-corrected chi connectivity index (χ4v) is 2.40. The molecule has 1 aromatic rings. The summed E-state index contributed by atoms with van der Waals surface area (Å²) < 4.78 is 27.7. The summed E-state index contributed by atoms with van der Waals surface area (Å²) in [5.41, 5.74) is 0. The lowest BCUT2D eigenvalue weighted by molar-refractivity contribution is -0.121. The highest BCUT2D eigenvalue weighted by Gasteiger charge is 2.09. The van der Waals surface area contributed by atoms with Gasteiger partial charge in [0.1, 0.15) is 22.2 Å². The lowest BCUT2D eigenvalue weighted by Crippen LogP contribution is -2.14. The molecule has 0 heterocycles. The smallest absolute Gasteiger partial charge is 0.170 e. The van der Waals surface area contributed by atoms with Gasteiger partial charge < -0.3 is 4.74 Å². The Labute approximate surface area is 118 Å². The number of carbonyl (C=O) groups excluding carboxylic acids is 1. The van der Waals surface area contributed by atoms with Crippen molar-refractivity contribution in [1.82, 2.24) is 0 Å². The first-order valence-electron chi connectivity index (χ1n) is 6.03. The van der Waals surface area contributed by atoms with Gasteiger partial charge in [-0.25, -0.2) is 8.42 Å². The number of ketones is 1. The van der Waals surface area contributed by atoms with Crippen molar-refractivity contribution >= 4 is 27.2 Å². The Kier molecular flexibility index (Phi) is 6.31. The Morgan fingerprint density at radius 3 is 2.47 bits per heavy atom. The van der Waals surface area contributed by atoms with E-state index in [9.17, 15) is 13.2 Å². The number of Topliss-reactive ketones (excluding diaryl/α,β-unsaturated/α-hetero) is 1. The monoisotopic (exact) mass is 304 g/mol. The topological polar surface area (TPSA) is 60.4 Å². The minimum absolute atomic E-state index is 0.0478. The molecule has 0 atom stereocenters. The van der Waals surface area contributed by atoms with Crippen molar-refractivity contribution in [3.05, 3.63) is 29.3 Å². The van der Waals surface area contributed by atoms with E-state index in [1.54, 1.807) is 31.2 Å². The third-order valence-corrected chi connectivity index (χ3v) is 4.61. The molecule has 0 saturated heterocycles. The lowest BCUT2D eigenvalue weighted by atomic mass is 10.2. The van der Waals surface area contributed by atoms with Crippen molar-refractivity contribution in [3.8, 4) is 5.75 Å². The van der Waals surface area contributed by atoms with Gasteiger partial charge in [0.2, 0.25) is 0 Å². The molecule has 106 valence electrons. The van der Waals surface area contributed by atoms with Gasteiger partial charge in [0, 0.05) is 17.2 Å². The molecule has 0 unspecified atom stereocenters. The fourth-order valence-electron chi connectivity index (χ4n) is 1.40. The molecule has 6 heteroatoms. The molecule has 0 fully saturated rings. The molecular weight excluding hydrogens is 288 g/mol. The second-order valence-electron chi connectivity index (χ2n) is 4.12. The minimum Gasteiger partial charge on any atom is -0.486 e. The van der Waals surface area contributed by atoms with Crippen LogP contribution in [0.3, 0.4) is 0 Å². The van der Waals surface area contributed by atoms with Crippen LogP contribution in [0.4, 0.5) is 0 Å². The molecule has 0 spiro atoms. The number of carbonyl (C=O) groups is 1. The highest BCUT2D eigenvalue weighted by atomic mass is 35.5. The highest BCUT2D eigenvalue weighted by molar-refractivity contribution is 7.91. The van der Waals surface area contributed by atoms with Gasteiger partial charge in [-0.15, -0.1) is 0 Å². The van der Waals surface area contributed by atoms with E-state index in [1.165, 1.54) is 0 Å². The molecule has 19 heavy (non-hydrogen) atoms.